The van der Waals surface area contributed by atoms with Crippen molar-refractivity contribution in [1.82, 2.24) is 10.2 Å². The Labute approximate surface area is 135 Å². The standard InChI is InChI=1S/C17H21N3O3/c1-4-14(21)19-13-7-5-12(6-8-13)17(23)20-10-9-18-16(22)15(20)11(2)3/h4-8,11,15H,1,9-10H2,2-3H3,(H,18,22)(H,19,21). The lowest BCUT2D eigenvalue weighted by Gasteiger charge is -2.37. The average molecular weight is 315 g/mol. The zero-order valence-electron chi connectivity index (χ0n) is 13.3. The molecule has 6 heteroatoms. The summed E-state index contributed by atoms with van der Waals surface area (Å²) in [5, 5.41) is 5.42. The Morgan fingerprint density at radius 2 is 2.00 bits per heavy atom. The van der Waals surface area contributed by atoms with Gasteiger partial charge in [0.05, 0.1) is 0 Å². The molecule has 1 saturated heterocycles. The van der Waals surface area contributed by atoms with Crippen LogP contribution in [0.3, 0.4) is 0 Å². The molecule has 1 aromatic carbocycles. The minimum Gasteiger partial charge on any atom is -0.353 e. The van der Waals surface area contributed by atoms with E-state index in [1.807, 2.05) is 13.8 Å². The molecule has 0 bridgehead atoms. The van der Waals surface area contributed by atoms with Gasteiger partial charge in [-0.05, 0) is 36.3 Å². The quantitative estimate of drug-likeness (QED) is 0.825. The van der Waals surface area contributed by atoms with Crippen molar-refractivity contribution >= 4 is 23.4 Å². The third-order valence-electron chi connectivity index (χ3n) is 3.73. The average Bonchev–Trinajstić information content (AvgIpc) is 2.54. The minimum absolute atomic E-state index is 0.0328. The van der Waals surface area contributed by atoms with E-state index in [2.05, 4.69) is 17.2 Å². The van der Waals surface area contributed by atoms with Gasteiger partial charge >= 0.3 is 0 Å². The number of nitrogens with one attached hydrogen (secondary N) is 2. The van der Waals surface area contributed by atoms with Gasteiger partial charge in [-0.1, -0.05) is 20.4 Å². The van der Waals surface area contributed by atoms with Gasteiger partial charge in [-0.15, -0.1) is 0 Å². The van der Waals surface area contributed by atoms with Gasteiger partial charge in [0, 0.05) is 24.3 Å². The van der Waals surface area contributed by atoms with E-state index in [9.17, 15) is 14.4 Å². The molecule has 1 fully saturated rings. The lowest BCUT2D eigenvalue weighted by atomic mass is 9.98. The highest BCUT2D eigenvalue weighted by Crippen LogP contribution is 2.18. The molecule has 1 unspecified atom stereocenters. The molecular weight excluding hydrogens is 294 g/mol. The van der Waals surface area contributed by atoms with Crippen LogP contribution in [0.4, 0.5) is 5.69 Å². The summed E-state index contributed by atoms with van der Waals surface area (Å²) in [6.45, 7) is 8.17. The van der Waals surface area contributed by atoms with Crippen LogP contribution in [0.15, 0.2) is 36.9 Å². The number of hydrogen-bond acceptors (Lipinski definition) is 3. The number of anilines is 1. The minimum atomic E-state index is -0.462. The number of amides is 3. The van der Waals surface area contributed by atoms with Gasteiger partial charge in [-0.2, -0.15) is 0 Å². The number of carbonyl (C=O) groups excluding carboxylic acids is 3. The van der Waals surface area contributed by atoms with Gasteiger partial charge in [-0.25, -0.2) is 0 Å². The van der Waals surface area contributed by atoms with E-state index >= 15 is 0 Å². The predicted molar refractivity (Wildman–Crippen MR) is 87.9 cm³/mol. The molecule has 0 radical (unpaired) electrons. The van der Waals surface area contributed by atoms with E-state index in [0.717, 1.165) is 0 Å². The third kappa shape index (κ3) is 3.77. The highest BCUT2D eigenvalue weighted by molar-refractivity contribution is 6.00. The summed E-state index contributed by atoms with van der Waals surface area (Å²) in [6, 6.07) is 6.14. The number of hydrogen-bond donors (Lipinski definition) is 2. The fourth-order valence-electron chi connectivity index (χ4n) is 2.63. The van der Waals surface area contributed by atoms with Crippen molar-refractivity contribution in [3.63, 3.8) is 0 Å². The normalized spacial score (nSPS) is 17.6. The fraction of sp³-hybridized carbons (Fsp3) is 0.353. The smallest absolute Gasteiger partial charge is 0.254 e. The van der Waals surface area contributed by atoms with Gasteiger partial charge in [0.25, 0.3) is 5.91 Å². The molecule has 0 saturated carbocycles. The summed E-state index contributed by atoms with van der Waals surface area (Å²) in [6.07, 6.45) is 1.18. The Hall–Kier alpha value is -2.63. The topological polar surface area (TPSA) is 78.5 Å². The van der Waals surface area contributed by atoms with Crippen LogP contribution in [0, 0.1) is 5.92 Å². The maximum absolute atomic E-state index is 12.7. The van der Waals surface area contributed by atoms with Crippen LogP contribution in [0.2, 0.25) is 0 Å². The van der Waals surface area contributed by atoms with Crippen LogP contribution < -0.4 is 10.6 Å². The van der Waals surface area contributed by atoms with Crippen molar-refractivity contribution < 1.29 is 14.4 Å². The number of carbonyl (C=O) groups is 3. The van der Waals surface area contributed by atoms with Crippen LogP contribution in [-0.2, 0) is 9.59 Å². The lowest BCUT2D eigenvalue weighted by Crippen LogP contribution is -2.59. The molecule has 6 nitrogen and oxygen atoms in total. The Balaban J connectivity index is 2.17. The van der Waals surface area contributed by atoms with E-state index in [0.29, 0.717) is 24.3 Å². The molecule has 23 heavy (non-hydrogen) atoms. The molecule has 1 atom stereocenters. The zero-order valence-corrected chi connectivity index (χ0v) is 13.3. The monoisotopic (exact) mass is 315 g/mol. The third-order valence-corrected chi connectivity index (χ3v) is 3.73. The molecule has 0 aromatic heterocycles. The van der Waals surface area contributed by atoms with Gasteiger partial charge in [0.1, 0.15) is 6.04 Å². The van der Waals surface area contributed by atoms with Gasteiger partial charge in [-0.3, -0.25) is 14.4 Å². The number of rotatable bonds is 4. The molecule has 3 amide bonds. The van der Waals surface area contributed by atoms with Gasteiger partial charge in [0.2, 0.25) is 11.8 Å². The summed E-state index contributed by atoms with van der Waals surface area (Å²) in [4.78, 5) is 37.6. The second-order valence-electron chi connectivity index (χ2n) is 5.75. The van der Waals surface area contributed by atoms with Crippen molar-refractivity contribution in [2.75, 3.05) is 18.4 Å². The largest absolute Gasteiger partial charge is 0.353 e. The second kappa shape index (κ2) is 7.09. The van der Waals surface area contributed by atoms with Crippen molar-refractivity contribution in [2.45, 2.75) is 19.9 Å². The second-order valence-corrected chi connectivity index (χ2v) is 5.75. The van der Waals surface area contributed by atoms with Crippen molar-refractivity contribution in [1.29, 1.82) is 0 Å². The Morgan fingerprint density at radius 3 is 2.57 bits per heavy atom. The molecule has 2 N–H and O–H groups in total. The molecule has 1 heterocycles. The summed E-state index contributed by atoms with van der Waals surface area (Å²) >= 11 is 0. The van der Waals surface area contributed by atoms with Crippen LogP contribution in [0.1, 0.15) is 24.2 Å². The van der Waals surface area contributed by atoms with E-state index in [1.54, 1.807) is 29.2 Å². The first-order valence-electron chi connectivity index (χ1n) is 7.56. The van der Waals surface area contributed by atoms with Crippen molar-refractivity contribution in [3.05, 3.63) is 42.5 Å². The van der Waals surface area contributed by atoms with Crippen molar-refractivity contribution in [3.8, 4) is 0 Å². The SMILES string of the molecule is C=CC(=O)Nc1ccc(C(=O)N2CCNC(=O)C2C(C)C)cc1. The Kier molecular flexibility index (Phi) is 5.16. The zero-order chi connectivity index (χ0) is 17.0. The van der Waals surface area contributed by atoms with Gasteiger partial charge < -0.3 is 15.5 Å². The molecular formula is C17H21N3O3. The number of benzene rings is 1. The van der Waals surface area contributed by atoms with Crippen LogP contribution in [-0.4, -0.2) is 41.8 Å². The summed E-state index contributed by atoms with van der Waals surface area (Å²) in [7, 11) is 0. The highest BCUT2D eigenvalue weighted by Gasteiger charge is 2.35. The molecule has 1 aromatic rings. The van der Waals surface area contributed by atoms with E-state index in [4.69, 9.17) is 0 Å². The summed E-state index contributed by atoms with van der Waals surface area (Å²) < 4.78 is 0. The highest BCUT2D eigenvalue weighted by atomic mass is 16.2. The van der Waals surface area contributed by atoms with E-state index in [1.165, 1.54) is 6.08 Å². The van der Waals surface area contributed by atoms with Crippen LogP contribution in [0.25, 0.3) is 0 Å². The van der Waals surface area contributed by atoms with E-state index < -0.39 is 6.04 Å². The summed E-state index contributed by atoms with van der Waals surface area (Å²) in [5.41, 5.74) is 1.07. The molecule has 1 aliphatic rings. The first-order valence-corrected chi connectivity index (χ1v) is 7.56. The van der Waals surface area contributed by atoms with Crippen molar-refractivity contribution in [2.24, 2.45) is 5.92 Å². The number of piperazine rings is 1. The molecule has 0 spiro atoms. The van der Waals surface area contributed by atoms with Crippen LogP contribution >= 0.6 is 0 Å². The maximum Gasteiger partial charge on any atom is 0.254 e. The lowest BCUT2D eigenvalue weighted by molar-refractivity contribution is -0.129. The molecule has 2 rings (SSSR count). The Morgan fingerprint density at radius 1 is 1.35 bits per heavy atom. The van der Waals surface area contributed by atoms with E-state index in [-0.39, 0.29) is 23.6 Å². The molecule has 1 aliphatic heterocycles. The number of nitrogens with zero attached hydrogens (tertiary/aromatic N) is 1. The first kappa shape index (κ1) is 16.7. The molecule has 0 aliphatic carbocycles. The summed E-state index contributed by atoms with van der Waals surface area (Å²) in [5.74, 6) is -0.573. The Bertz CT molecular complexity index is 622. The first-order chi connectivity index (χ1) is 10.9. The fourth-order valence-corrected chi connectivity index (χ4v) is 2.63. The molecule has 122 valence electrons. The van der Waals surface area contributed by atoms with Gasteiger partial charge in [0.15, 0.2) is 0 Å². The maximum atomic E-state index is 12.7. The predicted octanol–water partition coefficient (Wildman–Crippen LogP) is 1.41. The van der Waals surface area contributed by atoms with Crippen LogP contribution in [0.5, 0.6) is 0 Å².